The molecule has 0 aliphatic heterocycles. The van der Waals surface area contributed by atoms with Gasteiger partial charge in [0, 0.05) is 30.8 Å². The van der Waals surface area contributed by atoms with Crippen LogP contribution in [0.1, 0.15) is 58.5 Å². The van der Waals surface area contributed by atoms with Crippen LogP contribution in [0.15, 0.2) is 48.5 Å². The highest BCUT2D eigenvalue weighted by atomic mass is 16.2. The third kappa shape index (κ3) is 5.19. The molecule has 2 aromatic carbocycles. The van der Waals surface area contributed by atoms with Crippen LogP contribution in [0.2, 0.25) is 0 Å². The molecule has 0 aliphatic rings. The molecule has 2 rings (SSSR count). The molecular weight excluding hydrogens is 324 g/mol. The molecule has 0 unspecified atom stereocenters. The average molecular weight is 352 g/mol. The first-order valence-corrected chi connectivity index (χ1v) is 9.28. The molecule has 0 aliphatic carbocycles. The van der Waals surface area contributed by atoms with Crippen LogP contribution in [0.5, 0.6) is 0 Å². The molecule has 0 saturated carbocycles. The van der Waals surface area contributed by atoms with Gasteiger partial charge >= 0.3 is 0 Å². The number of carbonyl (C=O) groups excluding carboxylic acids is 2. The zero-order valence-corrected chi connectivity index (χ0v) is 15.9. The van der Waals surface area contributed by atoms with Gasteiger partial charge in [-0.15, -0.1) is 0 Å². The van der Waals surface area contributed by atoms with Gasteiger partial charge in [-0.25, -0.2) is 0 Å². The van der Waals surface area contributed by atoms with Crippen molar-refractivity contribution in [2.24, 2.45) is 0 Å². The summed E-state index contributed by atoms with van der Waals surface area (Å²) in [7, 11) is 0. The fourth-order valence-corrected chi connectivity index (χ4v) is 2.89. The third-order valence-electron chi connectivity index (χ3n) is 4.37. The Morgan fingerprint density at radius 1 is 0.885 bits per heavy atom. The minimum atomic E-state index is -0.133. The molecule has 0 heterocycles. The van der Waals surface area contributed by atoms with Crippen LogP contribution in [0.3, 0.4) is 0 Å². The highest BCUT2D eigenvalue weighted by Gasteiger charge is 2.15. The predicted octanol–water partition coefficient (Wildman–Crippen LogP) is 4.19. The number of rotatable bonds is 8. The van der Waals surface area contributed by atoms with Crippen LogP contribution in [0, 0.1) is 6.92 Å². The molecule has 4 heteroatoms. The van der Waals surface area contributed by atoms with Crippen LogP contribution < -0.4 is 5.32 Å². The minimum Gasteiger partial charge on any atom is -0.348 e. The molecule has 2 aromatic rings. The fraction of sp³-hybridized carbons (Fsp3) is 0.364. The predicted molar refractivity (Wildman–Crippen MR) is 105 cm³/mol. The lowest BCUT2D eigenvalue weighted by atomic mass is 10.1. The van der Waals surface area contributed by atoms with E-state index in [2.05, 4.69) is 19.2 Å². The highest BCUT2D eigenvalue weighted by molar-refractivity contribution is 5.97. The van der Waals surface area contributed by atoms with Crippen LogP contribution in [-0.2, 0) is 6.54 Å². The Bertz CT molecular complexity index is 732. The van der Waals surface area contributed by atoms with Gasteiger partial charge in [0.05, 0.1) is 0 Å². The lowest BCUT2D eigenvalue weighted by Gasteiger charge is -2.21. The molecule has 26 heavy (non-hydrogen) atoms. The summed E-state index contributed by atoms with van der Waals surface area (Å²) in [6, 6.07) is 14.9. The average Bonchev–Trinajstić information content (AvgIpc) is 2.66. The van der Waals surface area contributed by atoms with Gasteiger partial charge in [0.15, 0.2) is 0 Å². The summed E-state index contributed by atoms with van der Waals surface area (Å²) in [5.41, 5.74) is 3.44. The largest absolute Gasteiger partial charge is 0.348 e. The van der Waals surface area contributed by atoms with E-state index in [9.17, 15) is 9.59 Å². The van der Waals surface area contributed by atoms with Crippen LogP contribution >= 0.6 is 0 Å². The Hall–Kier alpha value is -2.62. The Kier molecular flexibility index (Phi) is 7.39. The van der Waals surface area contributed by atoms with Gasteiger partial charge in [-0.05, 0) is 55.2 Å². The van der Waals surface area contributed by atoms with Crippen molar-refractivity contribution in [1.82, 2.24) is 10.2 Å². The van der Waals surface area contributed by atoms with E-state index in [1.54, 1.807) is 24.3 Å². The first kappa shape index (κ1) is 19.7. The van der Waals surface area contributed by atoms with E-state index < -0.39 is 0 Å². The van der Waals surface area contributed by atoms with E-state index in [4.69, 9.17) is 0 Å². The Balaban J connectivity index is 2.00. The maximum atomic E-state index is 12.6. The van der Waals surface area contributed by atoms with Crippen molar-refractivity contribution in [2.45, 2.75) is 40.2 Å². The van der Waals surface area contributed by atoms with Crippen molar-refractivity contribution in [2.75, 3.05) is 13.1 Å². The van der Waals surface area contributed by atoms with Crippen molar-refractivity contribution in [3.05, 3.63) is 70.8 Å². The SMILES string of the molecule is CCCN(CCC)C(=O)c1ccc(C(=O)NCc2ccccc2C)cc1. The summed E-state index contributed by atoms with van der Waals surface area (Å²) in [6.45, 7) is 8.17. The first-order valence-electron chi connectivity index (χ1n) is 9.28. The van der Waals surface area contributed by atoms with E-state index in [-0.39, 0.29) is 11.8 Å². The number of benzene rings is 2. The van der Waals surface area contributed by atoms with Gasteiger partial charge in [0.1, 0.15) is 0 Å². The van der Waals surface area contributed by atoms with Gasteiger partial charge in [-0.1, -0.05) is 38.1 Å². The maximum absolute atomic E-state index is 12.6. The van der Waals surface area contributed by atoms with Crippen molar-refractivity contribution in [3.8, 4) is 0 Å². The number of hydrogen-bond acceptors (Lipinski definition) is 2. The van der Waals surface area contributed by atoms with Gasteiger partial charge in [-0.2, -0.15) is 0 Å². The molecule has 1 N–H and O–H groups in total. The number of hydrogen-bond donors (Lipinski definition) is 1. The second kappa shape index (κ2) is 9.76. The molecular formula is C22H28N2O2. The van der Waals surface area contributed by atoms with Gasteiger partial charge in [0.25, 0.3) is 11.8 Å². The fourth-order valence-electron chi connectivity index (χ4n) is 2.89. The van der Waals surface area contributed by atoms with Gasteiger partial charge < -0.3 is 10.2 Å². The molecule has 0 bridgehead atoms. The summed E-state index contributed by atoms with van der Waals surface area (Å²) in [4.78, 5) is 26.8. The normalized spacial score (nSPS) is 10.4. The van der Waals surface area contributed by atoms with Crippen LogP contribution in [0.25, 0.3) is 0 Å². The molecule has 138 valence electrons. The summed E-state index contributed by atoms with van der Waals surface area (Å²) in [5.74, 6) is -0.105. The van der Waals surface area contributed by atoms with Gasteiger partial charge in [0.2, 0.25) is 0 Å². The molecule has 2 amide bonds. The maximum Gasteiger partial charge on any atom is 0.253 e. The van der Waals surface area contributed by atoms with Crippen molar-refractivity contribution >= 4 is 11.8 Å². The topological polar surface area (TPSA) is 49.4 Å². The number of amides is 2. The standard InChI is InChI=1S/C22H28N2O2/c1-4-14-24(15-5-2)22(26)19-12-10-18(11-13-19)21(25)23-16-20-9-7-6-8-17(20)3/h6-13H,4-5,14-16H2,1-3H3,(H,23,25). The first-order chi connectivity index (χ1) is 12.6. The number of nitrogens with zero attached hydrogens (tertiary/aromatic N) is 1. The van der Waals surface area contributed by atoms with E-state index in [1.165, 1.54) is 0 Å². The van der Waals surface area contributed by atoms with Crippen molar-refractivity contribution < 1.29 is 9.59 Å². The third-order valence-corrected chi connectivity index (χ3v) is 4.37. The van der Waals surface area contributed by atoms with Crippen LogP contribution in [-0.4, -0.2) is 29.8 Å². The molecule has 0 radical (unpaired) electrons. The molecule has 0 saturated heterocycles. The number of carbonyl (C=O) groups is 2. The minimum absolute atomic E-state index is 0.0283. The lowest BCUT2D eigenvalue weighted by molar-refractivity contribution is 0.0755. The van der Waals surface area contributed by atoms with E-state index in [0.717, 1.165) is 37.1 Å². The highest BCUT2D eigenvalue weighted by Crippen LogP contribution is 2.10. The Morgan fingerprint density at radius 2 is 1.46 bits per heavy atom. The molecule has 0 aromatic heterocycles. The summed E-state index contributed by atoms with van der Waals surface area (Å²) >= 11 is 0. The smallest absolute Gasteiger partial charge is 0.253 e. The lowest BCUT2D eigenvalue weighted by Crippen LogP contribution is -2.32. The summed E-state index contributed by atoms with van der Waals surface area (Å²) < 4.78 is 0. The zero-order chi connectivity index (χ0) is 18.9. The second-order valence-electron chi connectivity index (χ2n) is 6.48. The quantitative estimate of drug-likeness (QED) is 0.774. The van der Waals surface area contributed by atoms with Crippen molar-refractivity contribution in [3.63, 3.8) is 0 Å². The van der Waals surface area contributed by atoms with Gasteiger partial charge in [-0.3, -0.25) is 9.59 Å². The molecule has 0 fully saturated rings. The monoisotopic (exact) mass is 352 g/mol. The Labute approximate surface area is 156 Å². The van der Waals surface area contributed by atoms with E-state index >= 15 is 0 Å². The van der Waals surface area contributed by atoms with Crippen molar-refractivity contribution in [1.29, 1.82) is 0 Å². The van der Waals surface area contributed by atoms with Crippen LogP contribution in [0.4, 0.5) is 0 Å². The zero-order valence-electron chi connectivity index (χ0n) is 15.9. The van der Waals surface area contributed by atoms with E-state index in [0.29, 0.717) is 17.7 Å². The number of nitrogens with one attached hydrogen (secondary N) is 1. The Morgan fingerprint density at radius 3 is 2.04 bits per heavy atom. The molecule has 0 spiro atoms. The van der Waals surface area contributed by atoms with E-state index in [1.807, 2.05) is 36.1 Å². The number of aryl methyl sites for hydroxylation is 1. The second-order valence-corrected chi connectivity index (χ2v) is 6.48. The summed E-state index contributed by atoms with van der Waals surface area (Å²) in [6.07, 6.45) is 1.87. The molecule has 4 nitrogen and oxygen atoms in total. The summed E-state index contributed by atoms with van der Waals surface area (Å²) in [5, 5.41) is 2.93. The molecule has 0 atom stereocenters.